The molecule has 0 aliphatic carbocycles. The number of sulfonamides is 1. The largest absolute Gasteiger partial charge is 0.366 e. The van der Waals surface area contributed by atoms with Gasteiger partial charge >= 0.3 is 0 Å². The van der Waals surface area contributed by atoms with Gasteiger partial charge in [0.05, 0.1) is 4.90 Å². The highest BCUT2D eigenvalue weighted by Crippen LogP contribution is 2.09. The predicted octanol–water partition coefficient (Wildman–Crippen LogP) is -0.390. The van der Waals surface area contributed by atoms with E-state index in [9.17, 15) is 18.0 Å². The minimum atomic E-state index is -3.85. The topological polar surface area (TPSA) is 106 Å². The van der Waals surface area contributed by atoms with Crippen molar-refractivity contribution in [3.05, 3.63) is 29.8 Å². The number of hydrogen-bond donors (Lipinski definition) is 2. The van der Waals surface area contributed by atoms with Gasteiger partial charge in [0.15, 0.2) is 0 Å². The Morgan fingerprint density at radius 2 is 1.69 bits per heavy atom. The van der Waals surface area contributed by atoms with Crippen molar-refractivity contribution >= 4 is 21.8 Å². The summed E-state index contributed by atoms with van der Waals surface area (Å²) in [5, 5.41) is 0. The second-order valence-electron chi connectivity index (χ2n) is 3.05. The second-order valence-corrected chi connectivity index (χ2v) is 4.73. The van der Waals surface area contributed by atoms with Crippen LogP contribution in [0.5, 0.6) is 0 Å². The van der Waals surface area contributed by atoms with Crippen molar-refractivity contribution in [2.24, 2.45) is 5.73 Å². The Labute approximate surface area is 92.5 Å². The number of nitrogens with two attached hydrogens (primary N) is 1. The van der Waals surface area contributed by atoms with Crippen LogP contribution < -0.4 is 10.5 Å². The molecule has 0 radical (unpaired) electrons. The van der Waals surface area contributed by atoms with Gasteiger partial charge in [0, 0.05) is 12.5 Å². The van der Waals surface area contributed by atoms with Crippen LogP contribution >= 0.6 is 0 Å². The van der Waals surface area contributed by atoms with Crippen molar-refractivity contribution in [2.75, 3.05) is 0 Å². The zero-order chi connectivity index (χ0) is 12.3. The van der Waals surface area contributed by atoms with E-state index in [4.69, 9.17) is 5.73 Å². The molecule has 0 spiro atoms. The maximum Gasteiger partial charge on any atom is 0.264 e. The van der Waals surface area contributed by atoms with E-state index in [2.05, 4.69) is 0 Å². The highest BCUT2D eigenvalue weighted by atomic mass is 32.2. The van der Waals surface area contributed by atoms with Crippen LogP contribution in [-0.4, -0.2) is 20.2 Å². The van der Waals surface area contributed by atoms with Crippen LogP contribution in [0.1, 0.15) is 17.3 Å². The third kappa shape index (κ3) is 2.80. The zero-order valence-electron chi connectivity index (χ0n) is 8.43. The maximum atomic E-state index is 11.5. The van der Waals surface area contributed by atoms with Crippen molar-refractivity contribution in [3.8, 4) is 0 Å². The Balaban J connectivity index is 3.07. The molecule has 3 N–H and O–H groups in total. The van der Waals surface area contributed by atoms with Crippen molar-refractivity contribution in [1.82, 2.24) is 4.72 Å². The third-order valence-corrected chi connectivity index (χ3v) is 3.18. The van der Waals surface area contributed by atoms with Gasteiger partial charge in [0.2, 0.25) is 11.8 Å². The molecule has 6 nitrogen and oxygen atoms in total. The summed E-state index contributed by atoms with van der Waals surface area (Å²) in [4.78, 5) is 21.3. The van der Waals surface area contributed by atoms with Crippen molar-refractivity contribution in [3.63, 3.8) is 0 Å². The molecule has 2 amide bonds. The summed E-state index contributed by atoms with van der Waals surface area (Å²) in [5.41, 5.74) is 5.19. The van der Waals surface area contributed by atoms with E-state index in [1.54, 1.807) is 4.72 Å². The van der Waals surface area contributed by atoms with Gasteiger partial charge in [-0.15, -0.1) is 0 Å². The lowest BCUT2D eigenvalue weighted by Gasteiger charge is -2.04. The van der Waals surface area contributed by atoms with Crippen LogP contribution in [0.15, 0.2) is 29.2 Å². The molecule has 1 aromatic carbocycles. The van der Waals surface area contributed by atoms with Gasteiger partial charge in [-0.3, -0.25) is 9.59 Å². The van der Waals surface area contributed by atoms with Crippen LogP contribution in [0, 0.1) is 0 Å². The first-order valence-electron chi connectivity index (χ1n) is 4.26. The fourth-order valence-corrected chi connectivity index (χ4v) is 2.04. The van der Waals surface area contributed by atoms with Gasteiger partial charge < -0.3 is 5.73 Å². The Bertz CT molecular complexity index is 519. The molecule has 0 aliphatic heterocycles. The summed E-state index contributed by atoms with van der Waals surface area (Å²) in [6.07, 6.45) is 0. The van der Waals surface area contributed by atoms with Crippen LogP contribution in [0.3, 0.4) is 0 Å². The highest BCUT2D eigenvalue weighted by Gasteiger charge is 2.15. The standard InChI is InChI=1S/C9H10N2O4S/c1-6(12)11-16(14,15)8-4-2-7(3-5-8)9(10)13/h2-5H,1H3,(H2,10,13)(H,11,12). The smallest absolute Gasteiger partial charge is 0.264 e. The van der Waals surface area contributed by atoms with Gasteiger partial charge in [-0.05, 0) is 24.3 Å². The molecule has 0 atom stereocenters. The van der Waals surface area contributed by atoms with Crippen LogP contribution in [-0.2, 0) is 14.8 Å². The number of carbonyl (C=O) groups excluding carboxylic acids is 2. The Kier molecular flexibility index (Phi) is 3.28. The number of carbonyl (C=O) groups is 2. The maximum absolute atomic E-state index is 11.5. The quantitative estimate of drug-likeness (QED) is 0.752. The molecule has 7 heteroatoms. The average Bonchev–Trinajstić information content (AvgIpc) is 2.16. The summed E-state index contributed by atoms with van der Waals surface area (Å²) in [6.45, 7) is 1.09. The van der Waals surface area contributed by atoms with E-state index >= 15 is 0 Å². The fraction of sp³-hybridized carbons (Fsp3) is 0.111. The molecule has 0 unspecified atom stereocenters. The van der Waals surface area contributed by atoms with Crippen molar-refractivity contribution in [2.45, 2.75) is 11.8 Å². The molecule has 0 fully saturated rings. The average molecular weight is 242 g/mol. The summed E-state index contributed by atoms with van der Waals surface area (Å²) in [5.74, 6) is -1.33. The Morgan fingerprint density at radius 3 is 2.06 bits per heavy atom. The number of hydrogen-bond acceptors (Lipinski definition) is 4. The zero-order valence-corrected chi connectivity index (χ0v) is 9.24. The molecule has 0 heterocycles. The van der Waals surface area contributed by atoms with Crippen molar-refractivity contribution in [1.29, 1.82) is 0 Å². The van der Waals surface area contributed by atoms with Crippen LogP contribution in [0.2, 0.25) is 0 Å². The van der Waals surface area contributed by atoms with Gasteiger partial charge in [-0.2, -0.15) is 0 Å². The van der Waals surface area contributed by atoms with E-state index in [-0.39, 0.29) is 10.5 Å². The number of primary amides is 1. The minimum absolute atomic E-state index is 0.104. The molecular weight excluding hydrogens is 232 g/mol. The lowest BCUT2D eigenvalue weighted by atomic mass is 10.2. The lowest BCUT2D eigenvalue weighted by Crippen LogP contribution is -2.28. The molecule has 1 rings (SSSR count). The molecule has 0 aliphatic rings. The van der Waals surface area contributed by atoms with Gasteiger partial charge in [-0.25, -0.2) is 13.1 Å². The Hall–Kier alpha value is -1.89. The van der Waals surface area contributed by atoms with Gasteiger partial charge in [0.1, 0.15) is 0 Å². The molecule has 16 heavy (non-hydrogen) atoms. The number of benzene rings is 1. The molecular formula is C9H10N2O4S. The minimum Gasteiger partial charge on any atom is -0.366 e. The summed E-state index contributed by atoms with van der Waals surface area (Å²) >= 11 is 0. The first kappa shape index (κ1) is 12.2. The molecule has 0 bridgehead atoms. The lowest BCUT2D eigenvalue weighted by molar-refractivity contribution is -0.117. The van der Waals surface area contributed by atoms with E-state index in [0.717, 1.165) is 6.92 Å². The molecule has 1 aromatic rings. The fourth-order valence-electron chi connectivity index (χ4n) is 1.05. The summed E-state index contributed by atoms with van der Waals surface area (Å²) in [6, 6.07) is 4.95. The monoisotopic (exact) mass is 242 g/mol. The van der Waals surface area contributed by atoms with Gasteiger partial charge in [0.25, 0.3) is 10.0 Å². The number of nitrogens with one attached hydrogen (secondary N) is 1. The van der Waals surface area contributed by atoms with Crippen LogP contribution in [0.25, 0.3) is 0 Å². The van der Waals surface area contributed by atoms with Crippen LogP contribution in [0.4, 0.5) is 0 Å². The summed E-state index contributed by atoms with van der Waals surface area (Å²) in [7, 11) is -3.85. The van der Waals surface area contributed by atoms with Gasteiger partial charge in [-0.1, -0.05) is 0 Å². The first-order valence-corrected chi connectivity index (χ1v) is 5.74. The Morgan fingerprint density at radius 1 is 1.19 bits per heavy atom. The highest BCUT2D eigenvalue weighted by molar-refractivity contribution is 7.90. The van der Waals surface area contributed by atoms with Crippen molar-refractivity contribution < 1.29 is 18.0 Å². The molecule has 0 aromatic heterocycles. The molecule has 0 saturated heterocycles. The number of rotatable bonds is 3. The molecule has 0 saturated carbocycles. The first-order chi connectivity index (χ1) is 7.33. The number of amides is 2. The second kappa shape index (κ2) is 4.31. The predicted molar refractivity (Wildman–Crippen MR) is 56.0 cm³/mol. The van der Waals surface area contributed by atoms with E-state index in [0.29, 0.717) is 0 Å². The third-order valence-electron chi connectivity index (χ3n) is 1.73. The normalized spacial score (nSPS) is 10.8. The summed E-state index contributed by atoms with van der Waals surface area (Å²) < 4.78 is 24.8. The molecule has 86 valence electrons. The van der Waals surface area contributed by atoms with E-state index < -0.39 is 21.8 Å². The van der Waals surface area contributed by atoms with E-state index in [1.807, 2.05) is 0 Å². The SMILES string of the molecule is CC(=O)NS(=O)(=O)c1ccc(C(N)=O)cc1. The van der Waals surface area contributed by atoms with E-state index in [1.165, 1.54) is 24.3 Å².